The summed E-state index contributed by atoms with van der Waals surface area (Å²) >= 11 is 11.2. The summed E-state index contributed by atoms with van der Waals surface area (Å²) in [4.78, 5) is 12.2. The van der Waals surface area contributed by atoms with Crippen LogP contribution in [0.15, 0.2) is 42.5 Å². The lowest BCUT2D eigenvalue weighted by Gasteiger charge is -2.12. The number of hydrogen-bond donors (Lipinski definition) is 2. The number of ether oxygens (including phenoxy) is 1. The SMILES string of the molecule is CCCOc1ccc(C(=O)NC(=S)Nc2cc(Cl)ccc2C)cc1. The molecule has 0 atom stereocenters. The molecule has 1 amide bonds. The fourth-order valence-electron chi connectivity index (χ4n) is 1.98. The molecule has 0 spiro atoms. The Balaban J connectivity index is 1.96. The van der Waals surface area contributed by atoms with E-state index in [2.05, 4.69) is 10.6 Å². The fraction of sp³-hybridized carbons (Fsp3) is 0.222. The second-order valence-corrected chi connectivity index (χ2v) is 6.09. The van der Waals surface area contributed by atoms with Gasteiger partial charge in [0.15, 0.2) is 5.11 Å². The van der Waals surface area contributed by atoms with Crippen molar-refractivity contribution in [2.24, 2.45) is 0 Å². The number of nitrogens with one attached hydrogen (secondary N) is 2. The van der Waals surface area contributed by atoms with E-state index in [4.69, 9.17) is 28.6 Å². The van der Waals surface area contributed by atoms with Crippen molar-refractivity contribution in [2.45, 2.75) is 20.3 Å². The molecule has 0 heterocycles. The van der Waals surface area contributed by atoms with Crippen molar-refractivity contribution < 1.29 is 9.53 Å². The maximum atomic E-state index is 12.2. The number of hydrogen-bond acceptors (Lipinski definition) is 3. The molecule has 4 nitrogen and oxygen atoms in total. The zero-order chi connectivity index (χ0) is 17.5. The first-order valence-corrected chi connectivity index (χ1v) is 8.39. The van der Waals surface area contributed by atoms with Crippen LogP contribution in [-0.2, 0) is 0 Å². The molecule has 2 aromatic rings. The quantitative estimate of drug-likeness (QED) is 0.765. The van der Waals surface area contributed by atoms with Crippen LogP contribution in [0.5, 0.6) is 5.75 Å². The van der Waals surface area contributed by atoms with Gasteiger partial charge in [0.25, 0.3) is 5.91 Å². The molecule has 0 saturated carbocycles. The molecule has 2 N–H and O–H groups in total. The van der Waals surface area contributed by atoms with E-state index >= 15 is 0 Å². The molecule has 2 rings (SSSR count). The molecule has 0 unspecified atom stereocenters. The Morgan fingerprint density at radius 3 is 2.58 bits per heavy atom. The van der Waals surface area contributed by atoms with Crippen molar-refractivity contribution in [2.75, 3.05) is 11.9 Å². The Bertz CT molecular complexity index is 732. The van der Waals surface area contributed by atoms with Crippen LogP contribution < -0.4 is 15.4 Å². The van der Waals surface area contributed by atoms with Crippen LogP contribution in [0.3, 0.4) is 0 Å². The molecule has 0 aliphatic heterocycles. The molecule has 0 bridgehead atoms. The topological polar surface area (TPSA) is 50.4 Å². The van der Waals surface area contributed by atoms with Gasteiger partial charge in [-0.15, -0.1) is 0 Å². The van der Waals surface area contributed by atoms with Gasteiger partial charge in [-0.05, 0) is 67.5 Å². The summed E-state index contributed by atoms with van der Waals surface area (Å²) in [7, 11) is 0. The summed E-state index contributed by atoms with van der Waals surface area (Å²) in [5.41, 5.74) is 2.25. The highest BCUT2D eigenvalue weighted by atomic mass is 35.5. The first kappa shape index (κ1) is 18.2. The standard InChI is InChI=1S/C18H19ClN2O2S/c1-3-10-23-15-8-5-13(6-9-15)17(22)21-18(24)20-16-11-14(19)7-4-12(16)2/h4-9,11H,3,10H2,1-2H3,(H2,20,21,22,24). The van der Waals surface area contributed by atoms with E-state index in [1.54, 1.807) is 36.4 Å². The van der Waals surface area contributed by atoms with Crippen LogP contribution in [0.25, 0.3) is 0 Å². The molecule has 6 heteroatoms. The third-order valence-corrected chi connectivity index (χ3v) is 3.70. The lowest BCUT2D eigenvalue weighted by Crippen LogP contribution is -2.34. The van der Waals surface area contributed by atoms with Gasteiger partial charge in [-0.1, -0.05) is 24.6 Å². The van der Waals surface area contributed by atoms with Crippen LogP contribution >= 0.6 is 23.8 Å². The molecule has 2 aromatic carbocycles. The zero-order valence-electron chi connectivity index (χ0n) is 13.6. The van der Waals surface area contributed by atoms with E-state index in [0.717, 1.165) is 23.4 Å². The van der Waals surface area contributed by atoms with Crippen molar-refractivity contribution in [1.29, 1.82) is 0 Å². The number of anilines is 1. The predicted molar refractivity (Wildman–Crippen MR) is 102 cm³/mol. The molecule has 0 saturated heterocycles. The Morgan fingerprint density at radius 2 is 1.92 bits per heavy atom. The number of rotatable bonds is 5. The first-order valence-electron chi connectivity index (χ1n) is 7.61. The smallest absolute Gasteiger partial charge is 0.257 e. The molecular weight excluding hydrogens is 344 g/mol. The molecule has 0 aliphatic carbocycles. The van der Waals surface area contributed by atoms with Gasteiger partial charge in [0, 0.05) is 16.3 Å². The van der Waals surface area contributed by atoms with E-state index in [-0.39, 0.29) is 11.0 Å². The van der Waals surface area contributed by atoms with Gasteiger partial charge in [-0.25, -0.2) is 0 Å². The first-order chi connectivity index (χ1) is 11.5. The zero-order valence-corrected chi connectivity index (χ0v) is 15.1. The van der Waals surface area contributed by atoms with Gasteiger partial charge >= 0.3 is 0 Å². The summed E-state index contributed by atoms with van der Waals surface area (Å²) in [6, 6.07) is 12.4. The number of amides is 1. The van der Waals surface area contributed by atoms with Gasteiger partial charge in [0.2, 0.25) is 0 Å². The minimum Gasteiger partial charge on any atom is -0.494 e. The Hall–Kier alpha value is -2.11. The van der Waals surface area contributed by atoms with Crippen molar-refractivity contribution in [1.82, 2.24) is 5.32 Å². The van der Waals surface area contributed by atoms with E-state index in [9.17, 15) is 4.79 Å². The molecule has 0 fully saturated rings. The number of halogens is 1. The van der Waals surface area contributed by atoms with E-state index < -0.39 is 0 Å². The Kier molecular flexibility index (Phi) is 6.58. The average molecular weight is 363 g/mol. The summed E-state index contributed by atoms with van der Waals surface area (Å²) in [5, 5.41) is 6.45. The largest absolute Gasteiger partial charge is 0.494 e. The third-order valence-electron chi connectivity index (χ3n) is 3.26. The highest BCUT2D eigenvalue weighted by molar-refractivity contribution is 7.80. The highest BCUT2D eigenvalue weighted by Crippen LogP contribution is 2.20. The Morgan fingerprint density at radius 1 is 1.21 bits per heavy atom. The van der Waals surface area contributed by atoms with Crippen LogP contribution in [0.2, 0.25) is 5.02 Å². The monoisotopic (exact) mass is 362 g/mol. The fourth-order valence-corrected chi connectivity index (χ4v) is 2.35. The van der Waals surface area contributed by atoms with Crippen molar-refractivity contribution in [3.05, 3.63) is 58.6 Å². The number of benzene rings is 2. The maximum absolute atomic E-state index is 12.2. The molecule has 0 aromatic heterocycles. The van der Waals surface area contributed by atoms with Crippen molar-refractivity contribution in [3.8, 4) is 5.75 Å². The summed E-state index contributed by atoms with van der Waals surface area (Å²) in [6.07, 6.45) is 0.936. The minimum atomic E-state index is -0.283. The van der Waals surface area contributed by atoms with Crippen LogP contribution in [-0.4, -0.2) is 17.6 Å². The Labute approximate surface area is 152 Å². The van der Waals surface area contributed by atoms with E-state index in [1.807, 2.05) is 19.9 Å². The average Bonchev–Trinajstić information content (AvgIpc) is 2.56. The minimum absolute atomic E-state index is 0.219. The summed E-state index contributed by atoms with van der Waals surface area (Å²) in [6.45, 7) is 4.62. The summed E-state index contributed by atoms with van der Waals surface area (Å²) < 4.78 is 5.49. The van der Waals surface area contributed by atoms with Crippen LogP contribution in [0.1, 0.15) is 29.3 Å². The number of aryl methyl sites for hydroxylation is 1. The van der Waals surface area contributed by atoms with Gasteiger partial charge in [-0.2, -0.15) is 0 Å². The normalized spacial score (nSPS) is 10.1. The molecule has 126 valence electrons. The van der Waals surface area contributed by atoms with E-state index in [0.29, 0.717) is 17.2 Å². The van der Waals surface area contributed by atoms with Gasteiger partial charge in [-0.3, -0.25) is 10.1 Å². The lowest BCUT2D eigenvalue weighted by molar-refractivity contribution is 0.0977. The second-order valence-electron chi connectivity index (χ2n) is 5.24. The van der Waals surface area contributed by atoms with Gasteiger partial charge < -0.3 is 10.1 Å². The maximum Gasteiger partial charge on any atom is 0.257 e. The molecular formula is C18H19ClN2O2S. The van der Waals surface area contributed by atoms with Crippen LogP contribution in [0.4, 0.5) is 5.69 Å². The number of thiocarbonyl (C=S) groups is 1. The second kappa shape index (κ2) is 8.66. The van der Waals surface area contributed by atoms with Crippen molar-refractivity contribution in [3.63, 3.8) is 0 Å². The highest BCUT2D eigenvalue weighted by Gasteiger charge is 2.09. The molecule has 0 aliphatic rings. The number of carbonyl (C=O) groups is 1. The van der Waals surface area contributed by atoms with Gasteiger partial charge in [0.05, 0.1) is 6.61 Å². The summed E-state index contributed by atoms with van der Waals surface area (Å²) in [5.74, 6) is 0.456. The molecule has 24 heavy (non-hydrogen) atoms. The van der Waals surface area contributed by atoms with Crippen molar-refractivity contribution >= 4 is 40.5 Å². The third kappa shape index (κ3) is 5.22. The van der Waals surface area contributed by atoms with E-state index in [1.165, 1.54) is 0 Å². The predicted octanol–water partition coefficient (Wildman–Crippen LogP) is 4.56. The van der Waals surface area contributed by atoms with Crippen LogP contribution in [0, 0.1) is 6.92 Å². The molecule has 0 radical (unpaired) electrons. The lowest BCUT2D eigenvalue weighted by atomic mass is 10.2. The number of carbonyl (C=O) groups excluding carboxylic acids is 1. The van der Waals surface area contributed by atoms with Gasteiger partial charge in [0.1, 0.15) is 5.75 Å².